The molecule has 1 fully saturated rings. The summed E-state index contributed by atoms with van der Waals surface area (Å²) in [5.41, 5.74) is 7.09. The third-order valence-electron chi connectivity index (χ3n) is 3.67. The molecule has 2 rings (SSSR count). The summed E-state index contributed by atoms with van der Waals surface area (Å²) < 4.78 is 5.15. The van der Waals surface area contributed by atoms with Crippen LogP contribution in [0.15, 0.2) is 23.0 Å². The van der Waals surface area contributed by atoms with Crippen LogP contribution in [0.3, 0.4) is 0 Å². The number of nitrogens with zero attached hydrogens (tertiary/aromatic N) is 2. The summed E-state index contributed by atoms with van der Waals surface area (Å²) in [6.45, 7) is 9.61. The van der Waals surface area contributed by atoms with Crippen LogP contribution in [0.25, 0.3) is 0 Å². The molecule has 1 aliphatic rings. The van der Waals surface area contributed by atoms with E-state index >= 15 is 0 Å². The highest BCUT2D eigenvalue weighted by atomic mass is 16.3. The molecule has 0 saturated carbocycles. The number of hydrogen-bond donors (Lipinski definition) is 1. The molecule has 96 valence electrons. The first-order valence-corrected chi connectivity index (χ1v) is 6.42. The van der Waals surface area contributed by atoms with Gasteiger partial charge in [-0.2, -0.15) is 0 Å². The molecule has 1 atom stereocenters. The van der Waals surface area contributed by atoms with Crippen LogP contribution < -0.4 is 5.73 Å². The molecule has 4 nitrogen and oxygen atoms in total. The van der Waals surface area contributed by atoms with Crippen molar-refractivity contribution >= 4 is 0 Å². The van der Waals surface area contributed by atoms with Crippen LogP contribution in [-0.2, 0) is 0 Å². The number of hydrogen-bond acceptors (Lipinski definition) is 4. The van der Waals surface area contributed by atoms with Gasteiger partial charge in [0.1, 0.15) is 0 Å². The summed E-state index contributed by atoms with van der Waals surface area (Å²) in [5, 5.41) is 0. The maximum absolute atomic E-state index is 5.89. The number of furan rings is 1. The van der Waals surface area contributed by atoms with Gasteiger partial charge in [-0.3, -0.25) is 9.80 Å². The van der Waals surface area contributed by atoms with Gasteiger partial charge in [0.05, 0.1) is 18.6 Å². The minimum Gasteiger partial charge on any atom is -0.472 e. The Hall–Kier alpha value is -0.840. The molecule has 0 aromatic carbocycles. The van der Waals surface area contributed by atoms with Crippen molar-refractivity contribution in [1.29, 1.82) is 0 Å². The van der Waals surface area contributed by atoms with E-state index in [-0.39, 0.29) is 0 Å². The Bertz CT molecular complexity index is 315. The van der Waals surface area contributed by atoms with Crippen molar-refractivity contribution in [3.63, 3.8) is 0 Å². The van der Waals surface area contributed by atoms with Crippen molar-refractivity contribution in [3.05, 3.63) is 24.2 Å². The lowest BCUT2D eigenvalue weighted by atomic mass is 10.1. The highest BCUT2D eigenvalue weighted by Gasteiger charge is 2.25. The normalized spacial score (nSPS) is 20.9. The van der Waals surface area contributed by atoms with Gasteiger partial charge in [0.15, 0.2) is 0 Å². The molecule has 4 heteroatoms. The standard InChI is InChI=1S/C13H23N3O/c1-11(2)15-4-6-16(7-5-15)13(9-14)12-3-8-17-10-12/h3,8,10-11,13H,4-7,9,14H2,1-2H3. The molecule has 1 aliphatic heterocycles. The van der Waals surface area contributed by atoms with E-state index in [0.717, 1.165) is 26.2 Å². The number of rotatable bonds is 4. The van der Waals surface area contributed by atoms with E-state index in [0.29, 0.717) is 18.6 Å². The quantitative estimate of drug-likeness (QED) is 0.857. The third kappa shape index (κ3) is 2.89. The van der Waals surface area contributed by atoms with E-state index in [1.165, 1.54) is 5.56 Å². The van der Waals surface area contributed by atoms with Crippen LogP contribution in [0.2, 0.25) is 0 Å². The van der Waals surface area contributed by atoms with Gasteiger partial charge in [-0.25, -0.2) is 0 Å². The lowest BCUT2D eigenvalue weighted by molar-refractivity contribution is 0.0800. The lowest BCUT2D eigenvalue weighted by Gasteiger charge is -2.40. The predicted molar refractivity (Wildman–Crippen MR) is 68.8 cm³/mol. The Kier molecular flexibility index (Phi) is 4.20. The minimum atomic E-state index is 0.308. The Morgan fingerprint density at radius 3 is 2.35 bits per heavy atom. The Labute approximate surface area is 103 Å². The zero-order valence-electron chi connectivity index (χ0n) is 10.8. The van der Waals surface area contributed by atoms with Gasteiger partial charge in [-0.1, -0.05) is 0 Å². The predicted octanol–water partition coefficient (Wildman–Crippen LogP) is 1.31. The molecule has 0 spiro atoms. The summed E-state index contributed by atoms with van der Waals surface area (Å²) in [6.07, 6.45) is 3.54. The van der Waals surface area contributed by atoms with Crippen LogP contribution in [0.1, 0.15) is 25.5 Å². The number of nitrogens with two attached hydrogens (primary N) is 1. The van der Waals surface area contributed by atoms with Crippen LogP contribution >= 0.6 is 0 Å². The fourth-order valence-electron chi connectivity index (χ4n) is 2.53. The molecule has 1 aromatic rings. The van der Waals surface area contributed by atoms with Crippen molar-refractivity contribution in [2.45, 2.75) is 25.9 Å². The Morgan fingerprint density at radius 1 is 1.24 bits per heavy atom. The maximum atomic E-state index is 5.89. The smallest absolute Gasteiger partial charge is 0.0950 e. The van der Waals surface area contributed by atoms with Crippen molar-refractivity contribution in [1.82, 2.24) is 9.80 Å². The van der Waals surface area contributed by atoms with E-state index < -0.39 is 0 Å². The molecule has 0 bridgehead atoms. The summed E-state index contributed by atoms with van der Waals surface area (Å²) in [4.78, 5) is 4.98. The molecular formula is C13H23N3O. The van der Waals surface area contributed by atoms with Crippen LogP contribution in [0, 0.1) is 0 Å². The van der Waals surface area contributed by atoms with Gasteiger partial charge < -0.3 is 10.2 Å². The molecule has 0 radical (unpaired) electrons. The molecule has 17 heavy (non-hydrogen) atoms. The first-order chi connectivity index (χ1) is 8.22. The van der Waals surface area contributed by atoms with Crippen LogP contribution in [-0.4, -0.2) is 48.6 Å². The van der Waals surface area contributed by atoms with E-state index in [2.05, 4.69) is 23.6 Å². The fraction of sp³-hybridized carbons (Fsp3) is 0.692. The van der Waals surface area contributed by atoms with E-state index in [1.807, 2.05) is 12.3 Å². The minimum absolute atomic E-state index is 0.308. The van der Waals surface area contributed by atoms with Crippen LogP contribution in [0.5, 0.6) is 0 Å². The molecule has 1 unspecified atom stereocenters. The van der Waals surface area contributed by atoms with Gasteiger partial charge in [-0.15, -0.1) is 0 Å². The van der Waals surface area contributed by atoms with E-state index in [4.69, 9.17) is 10.2 Å². The zero-order valence-corrected chi connectivity index (χ0v) is 10.8. The summed E-state index contributed by atoms with van der Waals surface area (Å²) >= 11 is 0. The second-order valence-electron chi connectivity index (χ2n) is 4.97. The average molecular weight is 237 g/mol. The maximum Gasteiger partial charge on any atom is 0.0950 e. The topological polar surface area (TPSA) is 45.6 Å². The monoisotopic (exact) mass is 237 g/mol. The highest BCUT2D eigenvalue weighted by Crippen LogP contribution is 2.21. The average Bonchev–Trinajstić information content (AvgIpc) is 2.84. The first kappa shape index (κ1) is 12.6. The molecule has 0 amide bonds. The summed E-state index contributed by atoms with van der Waals surface area (Å²) in [6, 6.07) is 2.97. The van der Waals surface area contributed by atoms with Crippen molar-refractivity contribution in [2.24, 2.45) is 5.73 Å². The van der Waals surface area contributed by atoms with Gasteiger partial charge in [0, 0.05) is 44.3 Å². The van der Waals surface area contributed by atoms with Crippen molar-refractivity contribution in [2.75, 3.05) is 32.7 Å². The van der Waals surface area contributed by atoms with Gasteiger partial charge in [-0.05, 0) is 19.9 Å². The molecule has 1 saturated heterocycles. The Morgan fingerprint density at radius 2 is 1.88 bits per heavy atom. The van der Waals surface area contributed by atoms with E-state index in [9.17, 15) is 0 Å². The van der Waals surface area contributed by atoms with Crippen LogP contribution in [0.4, 0.5) is 0 Å². The molecule has 2 heterocycles. The van der Waals surface area contributed by atoms with Gasteiger partial charge in [0.25, 0.3) is 0 Å². The highest BCUT2D eigenvalue weighted by molar-refractivity contribution is 5.12. The largest absolute Gasteiger partial charge is 0.472 e. The number of piperazine rings is 1. The molecule has 1 aromatic heterocycles. The van der Waals surface area contributed by atoms with Gasteiger partial charge in [0.2, 0.25) is 0 Å². The Balaban J connectivity index is 1.95. The second-order valence-corrected chi connectivity index (χ2v) is 4.97. The molecule has 2 N–H and O–H groups in total. The lowest BCUT2D eigenvalue weighted by Crippen LogP contribution is -2.50. The SMILES string of the molecule is CC(C)N1CCN(C(CN)c2ccoc2)CC1. The van der Waals surface area contributed by atoms with Gasteiger partial charge >= 0.3 is 0 Å². The molecular weight excluding hydrogens is 214 g/mol. The summed E-state index contributed by atoms with van der Waals surface area (Å²) in [7, 11) is 0. The first-order valence-electron chi connectivity index (χ1n) is 6.42. The summed E-state index contributed by atoms with van der Waals surface area (Å²) in [5.74, 6) is 0. The third-order valence-corrected chi connectivity index (χ3v) is 3.67. The second kappa shape index (κ2) is 5.67. The van der Waals surface area contributed by atoms with Crippen molar-refractivity contribution in [3.8, 4) is 0 Å². The van der Waals surface area contributed by atoms with E-state index in [1.54, 1.807) is 6.26 Å². The molecule has 0 aliphatic carbocycles. The zero-order chi connectivity index (χ0) is 12.3. The fourth-order valence-corrected chi connectivity index (χ4v) is 2.53. The van der Waals surface area contributed by atoms with Crippen molar-refractivity contribution < 1.29 is 4.42 Å².